The smallest absolute Gasteiger partial charge is 0.283 e. The molecule has 5 rings (SSSR count). The SMILES string of the molecule is Cc1cccc(S(=O)(=O)n2ncc3cc(-c4cc(C(=O)NC5CC5)cc(F)c4C)ccc32)c1. The lowest BCUT2D eigenvalue weighted by molar-refractivity contribution is 0.0950. The Morgan fingerprint density at radius 2 is 1.88 bits per heavy atom. The fraction of sp³-hybridized carbons (Fsp3) is 0.200. The van der Waals surface area contributed by atoms with Crippen molar-refractivity contribution in [3.63, 3.8) is 0 Å². The fourth-order valence-corrected chi connectivity index (χ4v) is 5.23. The minimum absolute atomic E-state index is 0.156. The Labute approximate surface area is 191 Å². The van der Waals surface area contributed by atoms with Gasteiger partial charge in [-0.05, 0) is 85.3 Å². The van der Waals surface area contributed by atoms with Gasteiger partial charge in [0.2, 0.25) is 0 Å². The molecule has 1 heterocycles. The summed E-state index contributed by atoms with van der Waals surface area (Å²) in [4.78, 5) is 12.6. The molecule has 8 heteroatoms. The fourth-order valence-electron chi connectivity index (χ4n) is 3.85. The lowest BCUT2D eigenvalue weighted by atomic mass is 9.96. The molecular formula is C25H22FN3O3S. The van der Waals surface area contributed by atoms with Crippen LogP contribution < -0.4 is 5.32 Å². The monoisotopic (exact) mass is 463 g/mol. The van der Waals surface area contributed by atoms with Crippen molar-refractivity contribution in [2.24, 2.45) is 0 Å². The number of hydrogen-bond acceptors (Lipinski definition) is 4. The highest BCUT2D eigenvalue weighted by Gasteiger charge is 2.25. The second-order valence-electron chi connectivity index (χ2n) is 8.46. The van der Waals surface area contributed by atoms with E-state index < -0.39 is 15.8 Å². The first-order chi connectivity index (χ1) is 15.7. The van der Waals surface area contributed by atoms with Crippen molar-refractivity contribution >= 4 is 26.8 Å². The van der Waals surface area contributed by atoms with Crippen molar-refractivity contribution in [1.82, 2.24) is 14.5 Å². The number of nitrogens with one attached hydrogen (secondary N) is 1. The Kier molecular flexibility index (Phi) is 5.05. The van der Waals surface area contributed by atoms with Gasteiger partial charge in [-0.15, -0.1) is 0 Å². The quantitative estimate of drug-likeness (QED) is 0.470. The molecule has 1 fully saturated rings. The molecule has 168 valence electrons. The van der Waals surface area contributed by atoms with E-state index in [2.05, 4.69) is 10.4 Å². The largest absolute Gasteiger partial charge is 0.349 e. The van der Waals surface area contributed by atoms with Crippen LogP contribution >= 0.6 is 0 Å². The summed E-state index contributed by atoms with van der Waals surface area (Å²) in [6.45, 7) is 3.48. The molecular weight excluding hydrogens is 441 g/mol. The molecule has 0 bridgehead atoms. The number of hydrogen-bond donors (Lipinski definition) is 1. The van der Waals surface area contributed by atoms with Gasteiger partial charge in [0.05, 0.1) is 16.6 Å². The molecule has 0 radical (unpaired) electrons. The van der Waals surface area contributed by atoms with Crippen molar-refractivity contribution in [3.05, 3.63) is 83.3 Å². The summed E-state index contributed by atoms with van der Waals surface area (Å²) >= 11 is 0. The summed E-state index contributed by atoms with van der Waals surface area (Å²) in [6, 6.07) is 14.9. The van der Waals surface area contributed by atoms with E-state index in [0.29, 0.717) is 27.6 Å². The summed E-state index contributed by atoms with van der Waals surface area (Å²) in [5.41, 5.74) is 3.17. The Morgan fingerprint density at radius 1 is 1.09 bits per heavy atom. The third-order valence-electron chi connectivity index (χ3n) is 5.88. The molecule has 0 saturated heterocycles. The highest BCUT2D eigenvalue weighted by atomic mass is 32.2. The zero-order chi connectivity index (χ0) is 23.3. The first-order valence-corrected chi connectivity index (χ1v) is 12.1. The van der Waals surface area contributed by atoms with Gasteiger partial charge in [0.15, 0.2) is 0 Å². The van der Waals surface area contributed by atoms with Crippen LogP contribution in [0.3, 0.4) is 0 Å². The summed E-state index contributed by atoms with van der Waals surface area (Å²) in [6.07, 6.45) is 3.36. The van der Waals surface area contributed by atoms with E-state index in [1.807, 2.05) is 13.0 Å². The predicted molar refractivity (Wildman–Crippen MR) is 124 cm³/mol. The minimum atomic E-state index is -3.87. The topological polar surface area (TPSA) is 81.1 Å². The Balaban J connectivity index is 1.56. The molecule has 0 aliphatic heterocycles. The summed E-state index contributed by atoms with van der Waals surface area (Å²) in [7, 11) is -3.87. The van der Waals surface area contributed by atoms with Crippen molar-refractivity contribution in [3.8, 4) is 11.1 Å². The van der Waals surface area contributed by atoms with Gasteiger partial charge in [-0.25, -0.2) is 4.39 Å². The Hall–Kier alpha value is -3.52. The van der Waals surface area contributed by atoms with Crippen LogP contribution in [0.5, 0.6) is 0 Å². The van der Waals surface area contributed by atoms with Gasteiger partial charge in [0.1, 0.15) is 5.82 Å². The van der Waals surface area contributed by atoms with Gasteiger partial charge < -0.3 is 5.32 Å². The maximum Gasteiger partial charge on any atom is 0.283 e. The first kappa shape index (κ1) is 21.3. The number of fused-ring (bicyclic) bond motifs is 1. The van der Waals surface area contributed by atoms with Crippen LogP contribution in [-0.4, -0.2) is 29.6 Å². The molecule has 3 aromatic carbocycles. The maximum absolute atomic E-state index is 14.7. The van der Waals surface area contributed by atoms with Crippen LogP contribution in [0, 0.1) is 19.7 Å². The van der Waals surface area contributed by atoms with Gasteiger partial charge in [0.25, 0.3) is 15.9 Å². The van der Waals surface area contributed by atoms with E-state index in [0.717, 1.165) is 22.5 Å². The molecule has 4 aromatic rings. The number of benzene rings is 3. The zero-order valence-electron chi connectivity index (χ0n) is 18.2. The number of carbonyl (C=O) groups is 1. The molecule has 1 aliphatic rings. The first-order valence-electron chi connectivity index (χ1n) is 10.7. The van der Waals surface area contributed by atoms with Gasteiger partial charge in [-0.2, -0.15) is 17.6 Å². The van der Waals surface area contributed by atoms with E-state index in [4.69, 9.17) is 0 Å². The lowest BCUT2D eigenvalue weighted by Gasteiger charge is -2.12. The van der Waals surface area contributed by atoms with Crippen LogP contribution in [0.2, 0.25) is 0 Å². The van der Waals surface area contributed by atoms with Gasteiger partial charge >= 0.3 is 0 Å². The minimum Gasteiger partial charge on any atom is -0.349 e. The number of amides is 1. The maximum atomic E-state index is 14.7. The molecule has 1 N–H and O–H groups in total. The number of rotatable bonds is 5. The van der Waals surface area contributed by atoms with Gasteiger partial charge in [-0.3, -0.25) is 4.79 Å². The van der Waals surface area contributed by atoms with E-state index >= 15 is 0 Å². The van der Waals surface area contributed by atoms with Crippen LogP contribution in [0.4, 0.5) is 4.39 Å². The third kappa shape index (κ3) is 3.91. The molecule has 1 aliphatic carbocycles. The number of aromatic nitrogens is 2. The molecule has 0 unspecified atom stereocenters. The summed E-state index contributed by atoms with van der Waals surface area (Å²) in [5.74, 6) is -0.762. The number of aryl methyl sites for hydroxylation is 1. The number of carbonyl (C=O) groups excluding carboxylic acids is 1. The highest BCUT2D eigenvalue weighted by Crippen LogP contribution is 2.31. The van der Waals surface area contributed by atoms with Gasteiger partial charge in [-0.1, -0.05) is 18.2 Å². The second-order valence-corrected chi connectivity index (χ2v) is 10.2. The standard InChI is InChI=1S/C25H22FN3O3S/c1-15-4-3-5-21(10-15)33(31,32)29-24-9-6-17(11-19(24)14-27-29)22-12-18(13-23(26)16(22)2)25(30)28-20-7-8-20/h3-6,9-14,20H,7-8H2,1-2H3,(H,28,30). The average molecular weight is 464 g/mol. The van der Waals surface area contributed by atoms with Crippen LogP contribution in [-0.2, 0) is 10.0 Å². The normalized spacial score (nSPS) is 13.9. The predicted octanol–water partition coefficient (Wildman–Crippen LogP) is 4.59. The average Bonchev–Trinajstić information content (AvgIpc) is 3.49. The Bertz CT molecular complexity index is 1520. The van der Waals surface area contributed by atoms with Crippen LogP contribution in [0.1, 0.15) is 34.3 Å². The van der Waals surface area contributed by atoms with Crippen molar-refractivity contribution in [2.75, 3.05) is 0 Å². The summed E-state index contributed by atoms with van der Waals surface area (Å²) < 4.78 is 41.9. The van der Waals surface area contributed by atoms with E-state index in [9.17, 15) is 17.6 Å². The molecule has 33 heavy (non-hydrogen) atoms. The highest BCUT2D eigenvalue weighted by molar-refractivity contribution is 7.90. The van der Waals surface area contributed by atoms with Crippen molar-refractivity contribution in [1.29, 1.82) is 0 Å². The van der Waals surface area contributed by atoms with E-state index in [1.54, 1.807) is 43.3 Å². The Morgan fingerprint density at radius 3 is 2.61 bits per heavy atom. The van der Waals surface area contributed by atoms with Crippen molar-refractivity contribution < 1.29 is 17.6 Å². The second kappa shape index (κ2) is 7.81. The van der Waals surface area contributed by atoms with Crippen molar-refractivity contribution in [2.45, 2.75) is 37.6 Å². The van der Waals surface area contributed by atoms with E-state index in [-0.39, 0.29) is 22.4 Å². The summed E-state index contributed by atoms with van der Waals surface area (Å²) in [5, 5.41) is 7.60. The number of halogens is 1. The van der Waals surface area contributed by atoms with E-state index in [1.165, 1.54) is 18.3 Å². The lowest BCUT2D eigenvalue weighted by Crippen LogP contribution is -2.25. The molecule has 1 aromatic heterocycles. The molecule has 6 nitrogen and oxygen atoms in total. The molecule has 1 amide bonds. The molecule has 0 spiro atoms. The molecule has 1 saturated carbocycles. The third-order valence-corrected chi connectivity index (χ3v) is 7.48. The zero-order valence-corrected chi connectivity index (χ0v) is 19.0. The van der Waals surface area contributed by atoms with Crippen LogP contribution in [0.25, 0.3) is 22.0 Å². The van der Waals surface area contributed by atoms with Crippen LogP contribution in [0.15, 0.2) is 65.7 Å². The number of nitrogens with zero attached hydrogens (tertiary/aromatic N) is 2. The molecule has 0 atom stereocenters. The van der Waals surface area contributed by atoms with Gasteiger partial charge in [0, 0.05) is 17.0 Å².